The molecule has 0 atom stereocenters. The fourth-order valence-electron chi connectivity index (χ4n) is 3.60. The quantitative estimate of drug-likeness (QED) is 0.157. The molecule has 0 spiro atoms. The summed E-state index contributed by atoms with van der Waals surface area (Å²) < 4.78 is 10.7. The summed E-state index contributed by atoms with van der Waals surface area (Å²) in [5, 5.41) is 5.73. The Balaban J connectivity index is 1.65. The molecule has 0 amide bonds. The normalized spacial score (nSPS) is 11.0. The first-order valence-corrected chi connectivity index (χ1v) is 12.1. The van der Waals surface area contributed by atoms with Crippen LogP contribution < -0.4 is 10.1 Å². The molecule has 1 N–H and O–H groups in total. The molecule has 34 heavy (non-hydrogen) atoms. The minimum atomic E-state index is -0.362. The lowest BCUT2D eigenvalue weighted by atomic mass is 10.1. The number of ether oxygens (including phenoxy) is 2. The Bertz CT molecular complexity index is 1300. The monoisotopic (exact) mass is 469 g/mol. The van der Waals surface area contributed by atoms with Crippen LogP contribution in [0, 0.1) is 0 Å². The van der Waals surface area contributed by atoms with Crippen LogP contribution in [0.15, 0.2) is 95.9 Å². The van der Waals surface area contributed by atoms with E-state index in [1.165, 1.54) is 11.6 Å². The molecule has 0 aromatic heterocycles. The first-order chi connectivity index (χ1) is 16.7. The molecule has 0 aliphatic carbocycles. The minimum Gasteiger partial charge on any atom is -0.495 e. The first kappa shape index (κ1) is 23.5. The minimum absolute atomic E-state index is 0.343. The molecule has 0 unspecified atom stereocenters. The van der Waals surface area contributed by atoms with Gasteiger partial charge in [-0.1, -0.05) is 54.6 Å². The fourth-order valence-corrected chi connectivity index (χ4v) is 4.50. The number of anilines is 2. The van der Waals surface area contributed by atoms with Crippen molar-refractivity contribution in [3.8, 4) is 5.75 Å². The van der Waals surface area contributed by atoms with Gasteiger partial charge in [0.25, 0.3) is 0 Å². The third kappa shape index (κ3) is 6.00. The van der Waals surface area contributed by atoms with E-state index in [9.17, 15) is 4.79 Å². The van der Waals surface area contributed by atoms with Gasteiger partial charge < -0.3 is 14.8 Å². The van der Waals surface area contributed by atoms with Gasteiger partial charge in [0.1, 0.15) is 5.75 Å². The Labute approximate surface area is 204 Å². The number of fused-ring (bicyclic) bond motifs is 1. The van der Waals surface area contributed by atoms with Crippen molar-refractivity contribution in [2.24, 2.45) is 0 Å². The zero-order valence-corrected chi connectivity index (χ0v) is 20.1. The van der Waals surface area contributed by atoms with Crippen LogP contribution in [0.1, 0.15) is 18.1 Å². The van der Waals surface area contributed by atoms with Gasteiger partial charge in [0.05, 0.1) is 19.4 Å². The van der Waals surface area contributed by atoms with E-state index in [0.717, 1.165) is 44.1 Å². The van der Waals surface area contributed by atoms with Crippen LogP contribution in [0.5, 0.6) is 5.75 Å². The Hall–Kier alpha value is -3.70. The van der Waals surface area contributed by atoms with Gasteiger partial charge in [-0.05, 0) is 65.2 Å². The number of rotatable bonds is 9. The first-order valence-electron chi connectivity index (χ1n) is 11.2. The summed E-state index contributed by atoms with van der Waals surface area (Å²) in [4.78, 5) is 13.1. The predicted molar refractivity (Wildman–Crippen MR) is 142 cm³/mol. The molecule has 0 radical (unpaired) electrons. The molecule has 0 fully saturated rings. The van der Waals surface area contributed by atoms with Gasteiger partial charge >= 0.3 is 5.97 Å². The topological polar surface area (TPSA) is 47.6 Å². The summed E-state index contributed by atoms with van der Waals surface area (Å²) in [5.41, 5.74) is 3.88. The molecule has 0 bridgehead atoms. The van der Waals surface area contributed by atoms with Gasteiger partial charge in [-0.15, -0.1) is 11.8 Å². The summed E-state index contributed by atoms with van der Waals surface area (Å²) >= 11 is 1.75. The molecular formula is C29H27NO3S. The van der Waals surface area contributed by atoms with Crippen molar-refractivity contribution in [1.82, 2.24) is 0 Å². The summed E-state index contributed by atoms with van der Waals surface area (Å²) in [6, 6.07) is 28.8. The average Bonchev–Trinajstić information content (AvgIpc) is 2.87. The lowest BCUT2D eigenvalue weighted by Crippen LogP contribution is -2.00. The second-order valence-electron chi connectivity index (χ2n) is 7.63. The van der Waals surface area contributed by atoms with E-state index in [2.05, 4.69) is 47.8 Å². The molecule has 5 heteroatoms. The maximum absolute atomic E-state index is 12.0. The number of nitrogens with one attached hydrogen (secondary N) is 1. The maximum atomic E-state index is 12.0. The SMILES string of the molecule is CCOC(=O)/C=C/c1cc(SCc2ccccc2)ccc1Nc1cc2ccccc2cc1OC. The molecule has 4 aromatic carbocycles. The van der Waals surface area contributed by atoms with Gasteiger partial charge in [0, 0.05) is 22.4 Å². The van der Waals surface area contributed by atoms with E-state index in [-0.39, 0.29) is 5.97 Å². The van der Waals surface area contributed by atoms with Crippen molar-refractivity contribution >= 4 is 46.0 Å². The average molecular weight is 470 g/mol. The van der Waals surface area contributed by atoms with Crippen LogP contribution in [0.3, 0.4) is 0 Å². The highest BCUT2D eigenvalue weighted by atomic mass is 32.2. The van der Waals surface area contributed by atoms with Crippen molar-refractivity contribution in [2.45, 2.75) is 17.6 Å². The van der Waals surface area contributed by atoms with Gasteiger partial charge in [-0.25, -0.2) is 4.79 Å². The highest BCUT2D eigenvalue weighted by Gasteiger charge is 2.10. The summed E-state index contributed by atoms with van der Waals surface area (Å²) in [7, 11) is 1.67. The second-order valence-corrected chi connectivity index (χ2v) is 8.68. The van der Waals surface area contributed by atoms with Crippen LogP contribution in [-0.4, -0.2) is 19.7 Å². The fraction of sp³-hybridized carbons (Fsp3) is 0.138. The van der Waals surface area contributed by atoms with Crippen molar-refractivity contribution < 1.29 is 14.3 Å². The molecule has 4 nitrogen and oxygen atoms in total. The molecule has 4 aromatic rings. The zero-order chi connectivity index (χ0) is 23.8. The third-order valence-electron chi connectivity index (χ3n) is 5.29. The number of thioether (sulfide) groups is 1. The van der Waals surface area contributed by atoms with E-state index in [4.69, 9.17) is 9.47 Å². The van der Waals surface area contributed by atoms with Gasteiger partial charge in [-0.3, -0.25) is 0 Å². The number of carbonyl (C=O) groups is 1. The lowest BCUT2D eigenvalue weighted by Gasteiger charge is -2.15. The van der Waals surface area contributed by atoms with Crippen LogP contribution in [0.4, 0.5) is 11.4 Å². The van der Waals surface area contributed by atoms with Crippen molar-refractivity contribution in [3.05, 3.63) is 102 Å². The number of carbonyl (C=O) groups excluding carboxylic acids is 1. The number of hydrogen-bond acceptors (Lipinski definition) is 5. The molecule has 0 saturated carbocycles. The third-order valence-corrected chi connectivity index (χ3v) is 6.36. The largest absolute Gasteiger partial charge is 0.495 e. The highest BCUT2D eigenvalue weighted by molar-refractivity contribution is 7.98. The van der Waals surface area contributed by atoms with Gasteiger partial charge in [0.15, 0.2) is 0 Å². The van der Waals surface area contributed by atoms with Crippen LogP contribution in [-0.2, 0) is 15.3 Å². The standard InChI is InChI=1S/C29H27NO3S/c1-3-33-29(31)16-13-24-17-25(34-20-21-9-5-4-6-10-21)14-15-26(24)30-27-18-22-11-7-8-12-23(22)19-28(27)32-2/h4-19,30H,3,20H2,1-2H3/b16-13+. The molecule has 172 valence electrons. The highest BCUT2D eigenvalue weighted by Crippen LogP contribution is 2.35. The lowest BCUT2D eigenvalue weighted by molar-refractivity contribution is -0.137. The Morgan fingerprint density at radius 2 is 1.65 bits per heavy atom. The zero-order valence-electron chi connectivity index (χ0n) is 19.3. The Morgan fingerprint density at radius 3 is 2.38 bits per heavy atom. The van der Waals surface area contributed by atoms with Gasteiger partial charge in [0.2, 0.25) is 0 Å². The smallest absolute Gasteiger partial charge is 0.330 e. The van der Waals surface area contributed by atoms with E-state index in [1.807, 2.05) is 42.5 Å². The molecule has 0 saturated heterocycles. The molecular weight excluding hydrogens is 442 g/mol. The predicted octanol–water partition coefficient (Wildman–Crippen LogP) is 7.46. The van der Waals surface area contributed by atoms with E-state index >= 15 is 0 Å². The van der Waals surface area contributed by atoms with Gasteiger partial charge in [-0.2, -0.15) is 0 Å². The Morgan fingerprint density at radius 1 is 0.912 bits per heavy atom. The number of methoxy groups -OCH3 is 1. The van der Waals surface area contributed by atoms with E-state index in [1.54, 1.807) is 31.9 Å². The van der Waals surface area contributed by atoms with Crippen molar-refractivity contribution in [1.29, 1.82) is 0 Å². The summed E-state index contributed by atoms with van der Waals surface area (Å²) in [6.45, 7) is 2.14. The number of benzene rings is 4. The maximum Gasteiger partial charge on any atom is 0.330 e. The van der Waals surface area contributed by atoms with Crippen LogP contribution in [0.2, 0.25) is 0 Å². The van der Waals surface area contributed by atoms with Crippen molar-refractivity contribution in [2.75, 3.05) is 19.0 Å². The number of esters is 1. The van der Waals surface area contributed by atoms with E-state index < -0.39 is 0 Å². The van der Waals surface area contributed by atoms with E-state index in [0.29, 0.717) is 6.61 Å². The second kappa shape index (κ2) is 11.4. The molecule has 4 rings (SSSR count). The Kier molecular flexibility index (Phi) is 7.89. The molecule has 0 aliphatic heterocycles. The summed E-state index contributed by atoms with van der Waals surface area (Å²) in [6.07, 6.45) is 3.26. The molecule has 0 heterocycles. The van der Waals surface area contributed by atoms with Crippen LogP contribution in [0.25, 0.3) is 16.8 Å². The number of hydrogen-bond donors (Lipinski definition) is 1. The van der Waals surface area contributed by atoms with Crippen molar-refractivity contribution in [3.63, 3.8) is 0 Å². The van der Waals surface area contributed by atoms with Crippen LogP contribution >= 0.6 is 11.8 Å². The molecule has 0 aliphatic rings. The summed E-state index contributed by atoms with van der Waals surface area (Å²) in [5.74, 6) is 1.26.